The molecule has 0 saturated heterocycles. The van der Waals surface area contributed by atoms with Gasteiger partial charge in [-0.25, -0.2) is 0 Å². The monoisotopic (exact) mass is 440 g/mol. The van der Waals surface area contributed by atoms with E-state index in [4.69, 9.17) is 14.2 Å². The molecule has 0 spiro atoms. The molecule has 2 aromatic rings. The predicted octanol–water partition coefficient (Wildman–Crippen LogP) is 1.91. The number of rotatable bonds is 10. The van der Waals surface area contributed by atoms with Crippen molar-refractivity contribution in [3.8, 4) is 11.5 Å². The Kier molecular flexibility index (Phi) is 7.80. The van der Waals surface area contributed by atoms with Gasteiger partial charge in [0.1, 0.15) is 0 Å². The van der Waals surface area contributed by atoms with Crippen LogP contribution < -0.4 is 20.1 Å². The van der Waals surface area contributed by atoms with Crippen LogP contribution in [-0.2, 0) is 19.1 Å². The van der Waals surface area contributed by atoms with E-state index in [1.54, 1.807) is 55.5 Å². The Bertz CT molecular complexity index is 991. The number of carbonyl (C=O) groups is 4. The van der Waals surface area contributed by atoms with Crippen LogP contribution in [0, 0.1) is 0 Å². The van der Waals surface area contributed by atoms with Crippen molar-refractivity contribution >= 4 is 23.6 Å². The second-order valence-electron chi connectivity index (χ2n) is 6.98. The topological polar surface area (TPSA) is 120 Å². The van der Waals surface area contributed by atoms with Gasteiger partial charge in [0.25, 0.3) is 0 Å². The second-order valence-corrected chi connectivity index (χ2v) is 6.98. The average molecular weight is 440 g/mol. The highest BCUT2D eigenvalue weighted by molar-refractivity contribution is 6.07. The molecule has 0 bridgehead atoms. The van der Waals surface area contributed by atoms with Crippen molar-refractivity contribution in [2.75, 3.05) is 19.9 Å². The van der Waals surface area contributed by atoms with E-state index in [0.717, 1.165) is 0 Å². The standard InChI is InChI=1S/C23H24N2O7/c1-2-30-23(29)11-17(16-8-9-19-20(10-16)32-14-31-19)25-22(28)13-24-21(27)12-18(26)15-6-4-3-5-7-15/h3-10,17H,2,11-14H2,1H3,(H,24,27)(H,25,28). The summed E-state index contributed by atoms with van der Waals surface area (Å²) in [5.41, 5.74) is 1.05. The Morgan fingerprint density at radius 2 is 1.75 bits per heavy atom. The number of hydrogen-bond acceptors (Lipinski definition) is 7. The van der Waals surface area contributed by atoms with Gasteiger partial charge in [0.05, 0.1) is 32.0 Å². The average Bonchev–Trinajstić information content (AvgIpc) is 3.26. The van der Waals surface area contributed by atoms with E-state index in [1.807, 2.05) is 0 Å². The molecular formula is C23H24N2O7. The van der Waals surface area contributed by atoms with Gasteiger partial charge in [0, 0.05) is 5.56 Å². The molecule has 1 unspecified atom stereocenters. The van der Waals surface area contributed by atoms with E-state index < -0.39 is 23.8 Å². The molecule has 0 radical (unpaired) electrons. The summed E-state index contributed by atoms with van der Waals surface area (Å²) in [4.78, 5) is 48.6. The van der Waals surface area contributed by atoms with Gasteiger partial charge in [0.15, 0.2) is 17.3 Å². The van der Waals surface area contributed by atoms with Gasteiger partial charge in [-0.1, -0.05) is 36.4 Å². The third-order valence-electron chi connectivity index (χ3n) is 4.67. The number of ether oxygens (including phenoxy) is 3. The lowest BCUT2D eigenvalue weighted by atomic mass is 10.0. The minimum atomic E-state index is -0.695. The van der Waals surface area contributed by atoms with Crippen LogP contribution in [-0.4, -0.2) is 43.5 Å². The molecule has 9 nitrogen and oxygen atoms in total. The zero-order valence-corrected chi connectivity index (χ0v) is 17.6. The number of benzene rings is 2. The van der Waals surface area contributed by atoms with Gasteiger partial charge < -0.3 is 24.8 Å². The molecule has 2 N–H and O–H groups in total. The fourth-order valence-electron chi connectivity index (χ4n) is 3.13. The number of Topliss-reactive ketones (excluding diaryl/α,β-unsaturated/α-hetero) is 1. The summed E-state index contributed by atoms with van der Waals surface area (Å²) in [7, 11) is 0. The number of carbonyl (C=O) groups excluding carboxylic acids is 4. The Balaban J connectivity index is 1.57. The number of fused-ring (bicyclic) bond motifs is 1. The van der Waals surface area contributed by atoms with E-state index >= 15 is 0 Å². The van der Waals surface area contributed by atoms with Crippen molar-refractivity contribution in [1.29, 1.82) is 0 Å². The van der Waals surface area contributed by atoms with Crippen molar-refractivity contribution in [2.24, 2.45) is 0 Å². The molecule has 2 aromatic carbocycles. The van der Waals surface area contributed by atoms with Gasteiger partial charge in [-0.2, -0.15) is 0 Å². The number of nitrogens with one attached hydrogen (secondary N) is 2. The summed E-state index contributed by atoms with van der Waals surface area (Å²) < 4.78 is 15.6. The number of amides is 2. The summed E-state index contributed by atoms with van der Waals surface area (Å²) >= 11 is 0. The number of esters is 1. The highest BCUT2D eigenvalue weighted by Crippen LogP contribution is 2.34. The molecule has 0 aromatic heterocycles. The summed E-state index contributed by atoms with van der Waals surface area (Å²) in [6, 6.07) is 12.8. The minimum absolute atomic E-state index is 0.0976. The zero-order valence-electron chi connectivity index (χ0n) is 17.6. The van der Waals surface area contributed by atoms with E-state index in [9.17, 15) is 19.2 Å². The molecule has 1 aliphatic rings. The molecule has 168 valence electrons. The smallest absolute Gasteiger partial charge is 0.308 e. The lowest BCUT2D eigenvalue weighted by molar-refractivity contribution is -0.144. The van der Waals surface area contributed by atoms with Gasteiger partial charge in [-0.15, -0.1) is 0 Å². The lowest BCUT2D eigenvalue weighted by Gasteiger charge is -2.19. The van der Waals surface area contributed by atoms with Crippen LogP contribution >= 0.6 is 0 Å². The Morgan fingerprint density at radius 3 is 2.50 bits per heavy atom. The molecular weight excluding hydrogens is 416 g/mol. The highest BCUT2D eigenvalue weighted by Gasteiger charge is 2.23. The molecule has 0 fully saturated rings. The predicted molar refractivity (Wildman–Crippen MR) is 113 cm³/mol. The van der Waals surface area contributed by atoms with Crippen molar-refractivity contribution in [3.05, 3.63) is 59.7 Å². The summed E-state index contributed by atoms with van der Waals surface area (Å²) in [5.74, 6) is -0.822. The fraction of sp³-hybridized carbons (Fsp3) is 0.304. The first kappa shape index (κ1) is 22.8. The largest absolute Gasteiger partial charge is 0.466 e. The first-order valence-electron chi connectivity index (χ1n) is 10.2. The van der Waals surface area contributed by atoms with Crippen LogP contribution in [0.2, 0.25) is 0 Å². The molecule has 2 amide bonds. The summed E-state index contributed by atoms with van der Waals surface area (Å²) in [6.07, 6.45) is -0.467. The van der Waals surface area contributed by atoms with Gasteiger partial charge in [-0.05, 0) is 24.6 Å². The van der Waals surface area contributed by atoms with Crippen LogP contribution in [0.4, 0.5) is 0 Å². The van der Waals surface area contributed by atoms with Crippen molar-refractivity contribution in [1.82, 2.24) is 10.6 Å². The molecule has 1 aliphatic heterocycles. The second kappa shape index (κ2) is 10.9. The van der Waals surface area contributed by atoms with Crippen LogP contribution in [0.25, 0.3) is 0 Å². The third kappa shape index (κ3) is 6.31. The van der Waals surface area contributed by atoms with Crippen LogP contribution in [0.3, 0.4) is 0 Å². The molecule has 1 heterocycles. The first-order chi connectivity index (χ1) is 15.5. The molecule has 1 atom stereocenters. The van der Waals surface area contributed by atoms with E-state index in [-0.39, 0.29) is 38.6 Å². The Hall–Kier alpha value is -3.88. The van der Waals surface area contributed by atoms with E-state index in [1.165, 1.54) is 0 Å². The van der Waals surface area contributed by atoms with Gasteiger partial charge in [-0.3, -0.25) is 19.2 Å². The number of ketones is 1. The van der Waals surface area contributed by atoms with Crippen molar-refractivity contribution < 1.29 is 33.4 Å². The van der Waals surface area contributed by atoms with Crippen molar-refractivity contribution in [2.45, 2.75) is 25.8 Å². The molecule has 9 heteroatoms. The van der Waals surface area contributed by atoms with Crippen LogP contribution in [0.5, 0.6) is 11.5 Å². The summed E-state index contributed by atoms with van der Waals surface area (Å²) in [5, 5.41) is 5.15. The first-order valence-corrected chi connectivity index (χ1v) is 10.2. The molecule has 32 heavy (non-hydrogen) atoms. The highest BCUT2D eigenvalue weighted by atomic mass is 16.7. The molecule has 3 rings (SSSR count). The van der Waals surface area contributed by atoms with Crippen LogP contribution in [0.15, 0.2) is 48.5 Å². The van der Waals surface area contributed by atoms with Crippen LogP contribution in [0.1, 0.15) is 41.7 Å². The zero-order chi connectivity index (χ0) is 22.9. The summed E-state index contributed by atoms with van der Waals surface area (Å²) in [6.45, 7) is 1.66. The maximum atomic E-state index is 12.4. The lowest BCUT2D eigenvalue weighted by Crippen LogP contribution is -2.39. The third-order valence-corrected chi connectivity index (χ3v) is 4.67. The fourth-order valence-corrected chi connectivity index (χ4v) is 3.13. The quantitative estimate of drug-likeness (QED) is 0.329. The minimum Gasteiger partial charge on any atom is -0.466 e. The Morgan fingerprint density at radius 1 is 1.00 bits per heavy atom. The van der Waals surface area contributed by atoms with Crippen molar-refractivity contribution in [3.63, 3.8) is 0 Å². The van der Waals surface area contributed by atoms with Gasteiger partial charge >= 0.3 is 5.97 Å². The van der Waals surface area contributed by atoms with E-state index in [0.29, 0.717) is 22.6 Å². The molecule has 0 saturated carbocycles. The SMILES string of the molecule is CCOC(=O)CC(NC(=O)CNC(=O)CC(=O)c1ccccc1)c1ccc2c(c1)OCO2. The maximum absolute atomic E-state index is 12.4. The number of hydrogen-bond donors (Lipinski definition) is 2. The van der Waals surface area contributed by atoms with E-state index in [2.05, 4.69) is 10.6 Å². The molecule has 0 aliphatic carbocycles. The normalized spacial score (nSPS) is 12.5. The maximum Gasteiger partial charge on any atom is 0.308 e. The Labute approximate surface area is 185 Å². The van der Waals surface area contributed by atoms with Gasteiger partial charge in [0.2, 0.25) is 18.6 Å².